The molecule has 2 N–H and O–H groups in total. The van der Waals surface area contributed by atoms with Gasteiger partial charge in [0.05, 0.1) is 11.4 Å². The fourth-order valence-electron chi connectivity index (χ4n) is 1.98. The van der Waals surface area contributed by atoms with Gasteiger partial charge in [-0.25, -0.2) is 4.79 Å². The Balaban J connectivity index is 2.74. The maximum atomic E-state index is 11.7. The van der Waals surface area contributed by atoms with Crippen molar-refractivity contribution in [1.82, 2.24) is 0 Å². The van der Waals surface area contributed by atoms with Crippen molar-refractivity contribution >= 4 is 17.8 Å². The van der Waals surface area contributed by atoms with Crippen LogP contribution in [0.3, 0.4) is 0 Å². The summed E-state index contributed by atoms with van der Waals surface area (Å²) < 4.78 is 0. The molecule has 2 rings (SSSR count). The number of benzene rings is 1. The van der Waals surface area contributed by atoms with Crippen LogP contribution in [-0.2, 0) is 0 Å². The molecule has 0 saturated heterocycles. The van der Waals surface area contributed by atoms with E-state index in [1.165, 1.54) is 4.90 Å². The second kappa shape index (κ2) is 4.75. The molecule has 3 nitrogen and oxygen atoms in total. The molecule has 0 unspecified atom stereocenters. The van der Waals surface area contributed by atoms with Gasteiger partial charge in [-0.2, -0.15) is 0 Å². The normalized spacial score (nSPS) is 13.9. The molecule has 3 heteroatoms. The molecule has 1 aliphatic heterocycles. The maximum Gasteiger partial charge on any atom is 0.323 e. The Morgan fingerprint density at radius 2 is 1.89 bits per heavy atom. The predicted octanol–water partition coefficient (Wildman–Crippen LogP) is 3.22. The molecule has 0 atom stereocenters. The minimum atomic E-state index is -0.541. The zero-order valence-electron chi connectivity index (χ0n) is 9.97. The van der Waals surface area contributed by atoms with E-state index in [4.69, 9.17) is 5.73 Å². The van der Waals surface area contributed by atoms with Gasteiger partial charge < -0.3 is 5.73 Å². The van der Waals surface area contributed by atoms with Crippen molar-refractivity contribution in [3.63, 3.8) is 0 Å². The summed E-state index contributed by atoms with van der Waals surface area (Å²) in [5, 5.41) is 0. The van der Waals surface area contributed by atoms with Crippen LogP contribution in [0.1, 0.15) is 5.56 Å². The van der Waals surface area contributed by atoms with Crippen molar-refractivity contribution in [1.29, 1.82) is 0 Å². The quantitative estimate of drug-likeness (QED) is 0.844. The highest BCUT2D eigenvalue weighted by atomic mass is 16.2. The Bertz CT molecular complexity index is 582. The molecule has 0 spiro atoms. The van der Waals surface area contributed by atoms with Crippen molar-refractivity contribution in [2.75, 3.05) is 4.90 Å². The van der Waals surface area contributed by atoms with Crippen LogP contribution in [0.2, 0.25) is 0 Å². The summed E-state index contributed by atoms with van der Waals surface area (Å²) in [6.07, 6.45) is 7.11. The second-order valence-corrected chi connectivity index (χ2v) is 3.81. The van der Waals surface area contributed by atoms with E-state index in [2.05, 4.69) is 13.2 Å². The van der Waals surface area contributed by atoms with E-state index in [1.54, 1.807) is 12.2 Å². The van der Waals surface area contributed by atoms with E-state index in [0.717, 1.165) is 16.8 Å². The highest BCUT2D eigenvalue weighted by Crippen LogP contribution is 2.30. The Morgan fingerprint density at radius 1 is 1.17 bits per heavy atom. The molecule has 0 bridgehead atoms. The average molecular weight is 238 g/mol. The monoisotopic (exact) mass is 238 g/mol. The number of carbonyl (C=O) groups excluding carboxylic acids is 1. The third-order valence-electron chi connectivity index (χ3n) is 2.79. The average Bonchev–Trinajstić information content (AvgIpc) is 2.54. The molecular weight excluding hydrogens is 224 g/mol. The number of primary amides is 1. The molecule has 1 aliphatic rings. The highest BCUT2D eigenvalue weighted by molar-refractivity contribution is 5.98. The number of nitrogens with zero attached hydrogens (tertiary/aromatic N) is 1. The number of hydrogen-bond acceptors (Lipinski definition) is 1. The Hall–Kier alpha value is -2.55. The topological polar surface area (TPSA) is 46.3 Å². The van der Waals surface area contributed by atoms with Crippen LogP contribution < -0.4 is 10.6 Å². The van der Waals surface area contributed by atoms with E-state index in [1.807, 2.05) is 36.4 Å². The summed E-state index contributed by atoms with van der Waals surface area (Å²) in [5.74, 6) is 0. The van der Waals surface area contributed by atoms with Gasteiger partial charge in [-0.05, 0) is 23.3 Å². The minimum Gasteiger partial charge on any atom is -0.351 e. The lowest BCUT2D eigenvalue weighted by Gasteiger charge is -2.23. The van der Waals surface area contributed by atoms with Crippen LogP contribution in [0.5, 0.6) is 0 Å². The van der Waals surface area contributed by atoms with Gasteiger partial charge in [-0.15, -0.1) is 0 Å². The van der Waals surface area contributed by atoms with Crippen molar-refractivity contribution in [3.8, 4) is 0 Å². The highest BCUT2D eigenvalue weighted by Gasteiger charge is 2.21. The van der Waals surface area contributed by atoms with Crippen molar-refractivity contribution < 1.29 is 4.79 Å². The molecule has 1 aromatic rings. The summed E-state index contributed by atoms with van der Waals surface area (Å²) in [5.41, 5.74) is 8.59. The van der Waals surface area contributed by atoms with Gasteiger partial charge in [0.1, 0.15) is 0 Å². The number of fused-ring (bicyclic) bond motifs is 1. The fourth-order valence-corrected chi connectivity index (χ4v) is 1.98. The molecule has 0 aromatic heterocycles. The van der Waals surface area contributed by atoms with E-state index in [9.17, 15) is 4.79 Å². The lowest BCUT2D eigenvalue weighted by atomic mass is 10.1. The molecule has 1 aromatic carbocycles. The third-order valence-corrected chi connectivity index (χ3v) is 2.79. The van der Waals surface area contributed by atoms with Crippen molar-refractivity contribution in [2.45, 2.75) is 0 Å². The number of carbonyl (C=O) groups is 1. The van der Waals surface area contributed by atoms with Crippen LogP contribution in [-0.4, -0.2) is 6.03 Å². The summed E-state index contributed by atoms with van der Waals surface area (Å²) in [6.45, 7) is 7.49. The minimum absolute atomic E-state index is 0.541. The molecule has 0 fully saturated rings. The number of hydrogen-bond donors (Lipinski definition) is 1. The number of rotatable bonds is 2. The first kappa shape index (κ1) is 11.9. The first-order chi connectivity index (χ1) is 8.69. The SMILES string of the molecule is C=CC1=C(C=C)N(C(N)=O)c2ccccc2C=C1. The van der Waals surface area contributed by atoms with Crippen LogP contribution >= 0.6 is 0 Å². The van der Waals surface area contributed by atoms with Gasteiger partial charge in [-0.1, -0.05) is 49.6 Å². The lowest BCUT2D eigenvalue weighted by Crippen LogP contribution is -2.35. The Kier molecular flexibility index (Phi) is 3.15. The second-order valence-electron chi connectivity index (χ2n) is 3.81. The number of urea groups is 1. The summed E-state index contributed by atoms with van der Waals surface area (Å²) in [7, 11) is 0. The van der Waals surface area contributed by atoms with E-state index in [-0.39, 0.29) is 0 Å². The lowest BCUT2D eigenvalue weighted by molar-refractivity contribution is 0.255. The zero-order valence-corrected chi connectivity index (χ0v) is 9.97. The van der Waals surface area contributed by atoms with Gasteiger partial charge >= 0.3 is 6.03 Å². The van der Waals surface area contributed by atoms with Crippen LogP contribution in [0.4, 0.5) is 10.5 Å². The van der Waals surface area contributed by atoms with Gasteiger partial charge in [0, 0.05) is 0 Å². The van der Waals surface area contributed by atoms with Gasteiger partial charge in [0.25, 0.3) is 0 Å². The summed E-state index contributed by atoms with van der Waals surface area (Å²) in [6, 6.07) is 7.01. The van der Waals surface area contributed by atoms with Crippen LogP contribution in [0.15, 0.2) is 66.9 Å². The largest absolute Gasteiger partial charge is 0.351 e. The Morgan fingerprint density at radius 3 is 2.50 bits per heavy atom. The van der Waals surface area contributed by atoms with Crippen LogP contribution in [0, 0.1) is 0 Å². The summed E-state index contributed by atoms with van der Waals surface area (Å²) in [4.78, 5) is 13.1. The van der Waals surface area contributed by atoms with Gasteiger partial charge in [0.15, 0.2) is 0 Å². The van der Waals surface area contributed by atoms with E-state index in [0.29, 0.717) is 5.70 Å². The molecule has 0 aliphatic carbocycles. The molecular formula is C15H14N2O. The molecule has 2 amide bonds. The number of amides is 2. The number of anilines is 1. The van der Waals surface area contributed by atoms with Crippen molar-refractivity contribution in [2.24, 2.45) is 5.73 Å². The van der Waals surface area contributed by atoms with E-state index >= 15 is 0 Å². The molecule has 90 valence electrons. The number of para-hydroxylation sites is 1. The molecule has 18 heavy (non-hydrogen) atoms. The number of allylic oxidation sites excluding steroid dienone is 4. The van der Waals surface area contributed by atoms with Gasteiger partial charge in [-0.3, -0.25) is 4.90 Å². The standard InChI is InChI=1S/C15H14N2O/c1-3-11-9-10-12-7-5-6-8-14(12)17(15(16)18)13(11)4-2/h3-10H,1-2H2,(H2,16,18). The first-order valence-electron chi connectivity index (χ1n) is 5.55. The third kappa shape index (κ3) is 1.86. The molecule has 0 radical (unpaired) electrons. The number of nitrogens with two attached hydrogens (primary N) is 1. The molecule has 0 saturated carbocycles. The Labute approximate surface area is 106 Å². The smallest absolute Gasteiger partial charge is 0.323 e. The predicted molar refractivity (Wildman–Crippen MR) is 75.0 cm³/mol. The zero-order chi connectivity index (χ0) is 13.1. The van der Waals surface area contributed by atoms with Crippen molar-refractivity contribution in [3.05, 3.63) is 72.5 Å². The first-order valence-corrected chi connectivity index (χ1v) is 5.55. The van der Waals surface area contributed by atoms with E-state index < -0.39 is 6.03 Å². The van der Waals surface area contributed by atoms with Crippen LogP contribution in [0.25, 0.3) is 6.08 Å². The fraction of sp³-hybridized carbons (Fsp3) is 0. The molecule has 1 heterocycles. The van der Waals surface area contributed by atoms with Gasteiger partial charge in [0.2, 0.25) is 0 Å². The summed E-state index contributed by atoms with van der Waals surface area (Å²) >= 11 is 0. The maximum absolute atomic E-state index is 11.7.